The Kier molecular flexibility index (Phi) is 7.54. The molecule has 28 heavy (non-hydrogen) atoms. The SMILES string of the molecule is COc1cc(/C=C/C(=O)OCC(=O)Nc2cccc(F)c2)ccc1OCC#N. The molecule has 1 amide bonds. The first-order valence-electron chi connectivity index (χ1n) is 8.10. The molecule has 0 aromatic heterocycles. The molecular weight excluding hydrogens is 367 g/mol. The number of hydrogen-bond acceptors (Lipinski definition) is 6. The van der Waals surface area contributed by atoms with Crippen LogP contribution in [0.15, 0.2) is 48.5 Å². The first-order chi connectivity index (χ1) is 13.5. The van der Waals surface area contributed by atoms with Crippen LogP contribution >= 0.6 is 0 Å². The van der Waals surface area contributed by atoms with Gasteiger partial charge in [-0.1, -0.05) is 12.1 Å². The number of ether oxygens (including phenoxy) is 3. The van der Waals surface area contributed by atoms with Crippen molar-refractivity contribution in [1.82, 2.24) is 0 Å². The molecule has 0 bridgehead atoms. The van der Waals surface area contributed by atoms with Crippen LogP contribution in [0.2, 0.25) is 0 Å². The lowest BCUT2D eigenvalue weighted by atomic mass is 10.2. The van der Waals surface area contributed by atoms with E-state index in [0.717, 1.165) is 12.1 Å². The van der Waals surface area contributed by atoms with E-state index >= 15 is 0 Å². The molecule has 0 spiro atoms. The summed E-state index contributed by atoms with van der Waals surface area (Å²) in [7, 11) is 1.45. The number of carbonyl (C=O) groups is 2. The fraction of sp³-hybridized carbons (Fsp3) is 0.150. The number of nitriles is 1. The van der Waals surface area contributed by atoms with Gasteiger partial charge in [-0.25, -0.2) is 9.18 Å². The van der Waals surface area contributed by atoms with Crippen LogP contribution in [0, 0.1) is 17.1 Å². The number of amides is 1. The Bertz CT molecular complexity index is 921. The average Bonchev–Trinajstić information content (AvgIpc) is 2.69. The highest BCUT2D eigenvalue weighted by Crippen LogP contribution is 2.28. The molecule has 0 saturated heterocycles. The lowest BCUT2D eigenvalue weighted by Crippen LogP contribution is -2.20. The molecule has 7 nitrogen and oxygen atoms in total. The van der Waals surface area contributed by atoms with Crippen LogP contribution in [0.4, 0.5) is 10.1 Å². The van der Waals surface area contributed by atoms with Gasteiger partial charge in [0, 0.05) is 11.8 Å². The van der Waals surface area contributed by atoms with E-state index < -0.39 is 24.3 Å². The molecule has 0 atom stereocenters. The van der Waals surface area contributed by atoms with Gasteiger partial charge in [-0.15, -0.1) is 0 Å². The number of esters is 1. The molecule has 144 valence electrons. The predicted octanol–water partition coefficient (Wildman–Crippen LogP) is 2.93. The minimum Gasteiger partial charge on any atom is -0.493 e. The summed E-state index contributed by atoms with van der Waals surface area (Å²) in [5.41, 5.74) is 0.893. The van der Waals surface area contributed by atoms with Gasteiger partial charge in [0.1, 0.15) is 11.9 Å². The van der Waals surface area contributed by atoms with Gasteiger partial charge < -0.3 is 19.5 Å². The highest BCUT2D eigenvalue weighted by atomic mass is 19.1. The molecule has 0 aliphatic carbocycles. The second-order valence-corrected chi connectivity index (χ2v) is 5.36. The number of hydrogen-bond donors (Lipinski definition) is 1. The van der Waals surface area contributed by atoms with E-state index in [1.807, 2.05) is 6.07 Å². The lowest BCUT2D eigenvalue weighted by Gasteiger charge is -2.08. The van der Waals surface area contributed by atoms with Crippen LogP contribution in [-0.2, 0) is 14.3 Å². The van der Waals surface area contributed by atoms with E-state index in [-0.39, 0.29) is 12.3 Å². The highest BCUT2D eigenvalue weighted by Gasteiger charge is 2.07. The molecule has 0 fully saturated rings. The molecule has 2 aromatic rings. The fourth-order valence-corrected chi connectivity index (χ4v) is 2.13. The Morgan fingerprint density at radius 2 is 2.04 bits per heavy atom. The number of carbonyl (C=O) groups excluding carboxylic acids is 2. The molecule has 0 radical (unpaired) electrons. The second kappa shape index (κ2) is 10.3. The van der Waals surface area contributed by atoms with E-state index in [0.29, 0.717) is 17.1 Å². The number of halogens is 1. The zero-order valence-electron chi connectivity index (χ0n) is 15.0. The van der Waals surface area contributed by atoms with Crippen molar-refractivity contribution in [2.24, 2.45) is 0 Å². The van der Waals surface area contributed by atoms with Crippen LogP contribution in [0.5, 0.6) is 11.5 Å². The normalized spacial score (nSPS) is 10.2. The summed E-state index contributed by atoms with van der Waals surface area (Å²) in [5, 5.41) is 11.0. The number of benzene rings is 2. The number of methoxy groups -OCH3 is 1. The zero-order chi connectivity index (χ0) is 20.4. The first kappa shape index (κ1) is 20.5. The van der Waals surface area contributed by atoms with Crippen LogP contribution in [-0.4, -0.2) is 32.2 Å². The minimum absolute atomic E-state index is 0.116. The van der Waals surface area contributed by atoms with Crippen molar-refractivity contribution in [3.8, 4) is 17.6 Å². The molecular formula is C20H17FN2O5. The average molecular weight is 384 g/mol. The molecule has 2 rings (SSSR count). The van der Waals surface area contributed by atoms with Gasteiger partial charge in [0.05, 0.1) is 7.11 Å². The maximum Gasteiger partial charge on any atom is 0.331 e. The topological polar surface area (TPSA) is 97.7 Å². The number of anilines is 1. The molecule has 1 N–H and O–H groups in total. The predicted molar refractivity (Wildman–Crippen MR) is 99.1 cm³/mol. The Labute approximate surface area is 160 Å². The van der Waals surface area contributed by atoms with Crippen LogP contribution in [0.1, 0.15) is 5.56 Å². The van der Waals surface area contributed by atoms with Gasteiger partial charge in [-0.05, 0) is 42.0 Å². The van der Waals surface area contributed by atoms with Crippen molar-refractivity contribution in [3.63, 3.8) is 0 Å². The molecule has 8 heteroatoms. The van der Waals surface area contributed by atoms with Crippen LogP contribution in [0.3, 0.4) is 0 Å². The summed E-state index contributed by atoms with van der Waals surface area (Å²) in [6.07, 6.45) is 2.63. The van der Waals surface area contributed by atoms with Crippen LogP contribution in [0.25, 0.3) is 6.08 Å². The molecule has 0 unspecified atom stereocenters. The summed E-state index contributed by atoms with van der Waals surface area (Å²) >= 11 is 0. The summed E-state index contributed by atoms with van der Waals surface area (Å²) in [4.78, 5) is 23.5. The maximum absolute atomic E-state index is 13.1. The zero-order valence-corrected chi connectivity index (χ0v) is 15.0. The molecule has 2 aromatic carbocycles. The lowest BCUT2D eigenvalue weighted by molar-refractivity contribution is -0.142. The Hall–Kier alpha value is -3.86. The first-order valence-corrected chi connectivity index (χ1v) is 8.10. The highest BCUT2D eigenvalue weighted by molar-refractivity contribution is 5.94. The summed E-state index contributed by atoms with van der Waals surface area (Å²) < 4.78 is 28.3. The van der Waals surface area contributed by atoms with E-state index in [1.165, 1.54) is 31.4 Å². The minimum atomic E-state index is -0.724. The van der Waals surface area contributed by atoms with E-state index in [4.69, 9.17) is 19.5 Å². The van der Waals surface area contributed by atoms with E-state index in [9.17, 15) is 14.0 Å². The Morgan fingerprint density at radius 3 is 2.75 bits per heavy atom. The van der Waals surface area contributed by atoms with E-state index in [2.05, 4.69) is 5.32 Å². The van der Waals surface area contributed by atoms with Crippen molar-refractivity contribution in [1.29, 1.82) is 5.26 Å². The van der Waals surface area contributed by atoms with Gasteiger partial charge >= 0.3 is 5.97 Å². The van der Waals surface area contributed by atoms with Crippen molar-refractivity contribution in [3.05, 3.63) is 59.9 Å². The van der Waals surface area contributed by atoms with Gasteiger partial charge in [0.2, 0.25) is 0 Å². The molecule has 0 heterocycles. The number of rotatable bonds is 8. The van der Waals surface area contributed by atoms with Gasteiger partial charge in [-0.3, -0.25) is 4.79 Å². The summed E-state index contributed by atoms with van der Waals surface area (Å²) in [6.45, 7) is -0.625. The fourth-order valence-electron chi connectivity index (χ4n) is 2.13. The standard InChI is InChI=1S/C20H17FN2O5/c1-26-18-11-14(5-7-17(18)27-10-9-22)6-8-20(25)28-13-19(24)23-16-4-2-3-15(21)12-16/h2-8,11-12H,10,13H2,1H3,(H,23,24)/b8-6+. The van der Waals surface area contributed by atoms with Crippen LogP contribution < -0.4 is 14.8 Å². The molecule has 0 aliphatic rings. The van der Waals surface area contributed by atoms with Crippen molar-refractivity contribution < 1.29 is 28.2 Å². The second-order valence-electron chi connectivity index (χ2n) is 5.36. The maximum atomic E-state index is 13.1. The number of nitrogens with zero attached hydrogens (tertiary/aromatic N) is 1. The largest absolute Gasteiger partial charge is 0.493 e. The van der Waals surface area contributed by atoms with Crippen molar-refractivity contribution in [2.45, 2.75) is 0 Å². The summed E-state index contributed by atoms with van der Waals surface area (Å²) in [5.74, 6) is -0.999. The molecule has 0 saturated carbocycles. The smallest absolute Gasteiger partial charge is 0.331 e. The van der Waals surface area contributed by atoms with Gasteiger partial charge in [0.25, 0.3) is 5.91 Å². The van der Waals surface area contributed by atoms with Crippen molar-refractivity contribution >= 4 is 23.6 Å². The quantitative estimate of drug-likeness (QED) is 0.555. The van der Waals surface area contributed by atoms with Crippen molar-refractivity contribution in [2.75, 3.05) is 25.6 Å². The third-order valence-corrected chi connectivity index (χ3v) is 3.35. The number of nitrogens with one attached hydrogen (secondary N) is 1. The van der Waals surface area contributed by atoms with Gasteiger partial charge in [-0.2, -0.15) is 5.26 Å². The molecule has 0 aliphatic heterocycles. The monoisotopic (exact) mass is 384 g/mol. The van der Waals surface area contributed by atoms with Gasteiger partial charge in [0.15, 0.2) is 24.7 Å². The van der Waals surface area contributed by atoms with E-state index in [1.54, 1.807) is 18.2 Å². The third kappa shape index (κ3) is 6.46. The summed E-state index contributed by atoms with van der Waals surface area (Å²) in [6, 6.07) is 12.1. The third-order valence-electron chi connectivity index (χ3n) is 3.35. The Morgan fingerprint density at radius 1 is 1.21 bits per heavy atom. The Balaban J connectivity index is 1.87.